The van der Waals surface area contributed by atoms with Crippen LogP contribution in [0.3, 0.4) is 0 Å². The number of para-hydroxylation sites is 1. The summed E-state index contributed by atoms with van der Waals surface area (Å²) in [4.78, 5) is 42.0. The van der Waals surface area contributed by atoms with Crippen molar-refractivity contribution in [1.82, 2.24) is 4.90 Å². The van der Waals surface area contributed by atoms with Gasteiger partial charge in [-0.15, -0.1) is 0 Å². The van der Waals surface area contributed by atoms with Gasteiger partial charge in [-0.1, -0.05) is 60.3 Å². The number of rotatable bonds is 9. The van der Waals surface area contributed by atoms with Crippen molar-refractivity contribution in [1.29, 1.82) is 0 Å². The molecule has 6 nitrogen and oxygen atoms in total. The lowest BCUT2D eigenvalue weighted by Crippen LogP contribution is -2.50. The maximum atomic E-state index is 13.3. The largest absolute Gasteiger partial charge is 0.333 e. The Labute approximate surface area is 188 Å². The zero-order chi connectivity index (χ0) is 22.4. The highest BCUT2D eigenvalue weighted by Gasteiger charge is 2.46. The first-order valence-electron chi connectivity index (χ1n) is 10.7. The predicted octanol–water partition coefficient (Wildman–Crippen LogP) is 4.29. The van der Waals surface area contributed by atoms with Gasteiger partial charge in [0, 0.05) is 5.69 Å². The van der Waals surface area contributed by atoms with Gasteiger partial charge in [-0.2, -0.15) is 0 Å². The minimum absolute atomic E-state index is 0.000530. The summed E-state index contributed by atoms with van der Waals surface area (Å²) in [6.07, 6.45) is 0. The number of quaternary nitrogens is 1. The van der Waals surface area contributed by atoms with E-state index in [4.69, 9.17) is 0 Å². The van der Waals surface area contributed by atoms with Gasteiger partial charge in [0.1, 0.15) is 12.6 Å². The molecule has 0 radical (unpaired) electrons. The molecule has 0 saturated carbocycles. The topological polar surface area (TPSA) is 57.7 Å². The Bertz CT molecular complexity index is 850. The minimum atomic E-state index is -0.733. The van der Waals surface area contributed by atoms with Crippen molar-refractivity contribution >= 4 is 34.5 Å². The predicted molar refractivity (Wildman–Crippen MR) is 125 cm³/mol. The molecule has 0 N–H and O–H groups in total. The number of benzene rings is 2. The van der Waals surface area contributed by atoms with E-state index in [9.17, 15) is 14.4 Å². The van der Waals surface area contributed by atoms with Gasteiger partial charge >= 0.3 is 6.03 Å². The number of nitrogens with zero attached hydrogens (tertiary/aromatic N) is 3. The lowest BCUT2D eigenvalue weighted by atomic mass is 10.1. The third kappa shape index (κ3) is 4.83. The van der Waals surface area contributed by atoms with Crippen molar-refractivity contribution in [3.05, 3.63) is 66.2 Å². The van der Waals surface area contributed by atoms with Crippen molar-refractivity contribution in [3.63, 3.8) is 0 Å². The normalized spacial score (nSPS) is 16.8. The highest BCUT2D eigenvalue weighted by molar-refractivity contribution is 8.13. The van der Waals surface area contributed by atoms with Gasteiger partial charge in [-0.25, -0.2) is 4.79 Å². The molecular weight excluding hydrogens is 410 g/mol. The number of anilines is 1. The summed E-state index contributed by atoms with van der Waals surface area (Å²) in [6.45, 7) is 9.27. The zero-order valence-corrected chi connectivity index (χ0v) is 19.2. The first kappa shape index (κ1) is 23.0. The first-order valence-corrected chi connectivity index (χ1v) is 11.7. The number of carbonyl (C=O) groups is 3. The monoisotopic (exact) mass is 440 g/mol. The van der Waals surface area contributed by atoms with Crippen LogP contribution in [0.1, 0.15) is 32.4 Å². The van der Waals surface area contributed by atoms with Gasteiger partial charge in [0.25, 0.3) is 5.91 Å². The molecular formula is C24H30N3O3S+. The Morgan fingerprint density at radius 2 is 1.45 bits per heavy atom. The van der Waals surface area contributed by atoms with Crippen molar-refractivity contribution in [2.75, 3.05) is 37.0 Å². The smallest absolute Gasteiger partial charge is 0.317 e. The van der Waals surface area contributed by atoms with E-state index in [1.54, 1.807) is 0 Å². The summed E-state index contributed by atoms with van der Waals surface area (Å²) in [6, 6.07) is 17.4. The van der Waals surface area contributed by atoms with Gasteiger partial charge in [-0.3, -0.25) is 19.4 Å². The number of amides is 3. The fourth-order valence-corrected chi connectivity index (χ4v) is 4.82. The van der Waals surface area contributed by atoms with E-state index < -0.39 is 12.1 Å². The molecule has 1 heterocycles. The third-order valence-corrected chi connectivity index (χ3v) is 7.01. The average Bonchev–Trinajstić information content (AvgIpc) is 3.06. The second kappa shape index (κ2) is 10.1. The Balaban J connectivity index is 1.81. The number of carbonyl (C=O) groups excluding carboxylic acids is 3. The highest BCUT2D eigenvalue weighted by atomic mass is 32.2. The molecule has 164 valence electrons. The van der Waals surface area contributed by atoms with Crippen LogP contribution in [0.5, 0.6) is 0 Å². The van der Waals surface area contributed by atoms with Crippen LogP contribution in [0.4, 0.5) is 10.5 Å². The molecule has 1 aliphatic rings. The van der Waals surface area contributed by atoms with Crippen LogP contribution in [0.25, 0.3) is 0 Å². The zero-order valence-electron chi connectivity index (χ0n) is 18.4. The van der Waals surface area contributed by atoms with E-state index in [1.807, 2.05) is 60.7 Å². The molecule has 3 amide bonds. The number of hydrogen-bond acceptors (Lipinski definition) is 4. The maximum Gasteiger partial charge on any atom is 0.333 e. The maximum absolute atomic E-state index is 13.3. The van der Waals surface area contributed by atoms with Gasteiger partial charge < -0.3 is 4.48 Å². The molecule has 1 unspecified atom stereocenters. The van der Waals surface area contributed by atoms with Crippen LogP contribution in [-0.2, 0) is 9.59 Å². The van der Waals surface area contributed by atoms with Crippen LogP contribution in [0.15, 0.2) is 60.7 Å². The van der Waals surface area contributed by atoms with Crippen LogP contribution < -0.4 is 4.90 Å². The fraction of sp³-hybridized carbons (Fsp3) is 0.375. The van der Waals surface area contributed by atoms with E-state index in [-0.39, 0.29) is 16.9 Å². The Morgan fingerprint density at radius 1 is 0.903 bits per heavy atom. The Kier molecular flexibility index (Phi) is 7.51. The fourth-order valence-electron chi connectivity index (χ4n) is 3.95. The van der Waals surface area contributed by atoms with Crippen molar-refractivity contribution < 1.29 is 18.9 Å². The van der Waals surface area contributed by atoms with Gasteiger partial charge in [0.05, 0.1) is 25.5 Å². The minimum Gasteiger partial charge on any atom is -0.317 e. The quantitative estimate of drug-likeness (QED) is 0.431. The van der Waals surface area contributed by atoms with Crippen LogP contribution >= 0.6 is 11.8 Å². The summed E-state index contributed by atoms with van der Waals surface area (Å²) in [5, 5.41) is 0.000530. The number of imide groups is 1. The molecule has 0 aromatic heterocycles. The first-order chi connectivity index (χ1) is 15.0. The molecule has 3 rings (SSSR count). The Morgan fingerprint density at radius 3 is 2.00 bits per heavy atom. The van der Waals surface area contributed by atoms with E-state index in [0.717, 1.165) is 37.0 Å². The average molecular weight is 441 g/mol. The van der Waals surface area contributed by atoms with E-state index in [0.29, 0.717) is 16.7 Å². The van der Waals surface area contributed by atoms with Gasteiger partial charge in [0.15, 0.2) is 0 Å². The van der Waals surface area contributed by atoms with E-state index >= 15 is 0 Å². The van der Waals surface area contributed by atoms with Gasteiger partial charge in [-0.05, 0) is 38.5 Å². The van der Waals surface area contributed by atoms with Crippen molar-refractivity contribution in [3.8, 4) is 0 Å². The van der Waals surface area contributed by atoms with Crippen molar-refractivity contribution in [2.45, 2.75) is 26.8 Å². The standard InChI is InChI=1S/C24H30N3O3S/c1-4-27(5-2,6-3)17-21(28)31-18-25-23(29)22(19-13-9-7-10-14-19)26(24(25)30)20-15-11-8-12-16-20/h7-16,22H,4-6,17-18H2,1-3H3/q+1. The highest BCUT2D eigenvalue weighted by Crippen LogP contribution is 2.36. The molecule has 31 heavy (non-hydrogen) atoms. The number of thioether (sulfide) groups is 1. The summed E-state index contributed by atoms with van der Waals surface area (Å²) >= 11 is 1.05. The molecule has 2 aromatic rings. The number of hydrogen-bond donors (Lipinski definition) is 0. The van der Waals surface area contributed by atoms with Crippen LogP contribution in [-0.4, -0.2) is 58.5 Å². The third-order valence-electron chi connectivity index (χ3n) is 6.18. The van der Waals surface area contributed by atoms with E-state index in [1.165, 1.54) is 9.80 Å². The Hall–Kier alpha value is -2.64. The summed E-state index contributed by atoms with van der Waals surface area (Å²) in [5.74, 6) is -0.275. The molecule has 1 aliphatic heterocycles. The molecule has 0 spiro atoms. The molecule has 1 fully saturated rings. The molecule has 0 bridgehead atoms. The lowest BCUT2D eigenvalue weighted by molar-refractivity contribution is -0.915. The summed E-state index contributed by atoms with van der Waals surface area (Å²) in [7, 11) is 0. The molecule has 2 aromatic carbocycles. The molecule has 1 saturated heterocycles. The van der Waals surface area contributed by atoms with Crippen molar-refractivity contribution in [2.24, 2.45) is 0 Å². The van der Waals surface area contributed by atoms with E-state index in [2.05, 4.69) is 20.8 Å². The number of likely N-dealkylation sites (N-methyl/N-ethyl adjacent to an activating group) is 1. The summed E-state index contributed by atoms with van der Waals surface area (Å²) in [5.41, 5.74) is 1.41. The van der Waals surface area contributed by atoms with Crippen LogP contribution in [0, 0.1) is 0 Å². The van der Waals surface area contributed by atoms with Gasteiger partial charge in [0.2, 0.25) is 5.12 Å². The molecule has 1 atom stereocenters. The van der Waals surface area contributed by atoms with Crippen LogP contribution in [0.2, 0.25) is 0 Å². The SMILES string of the molecule is CC[N+](CC)(CC)CC(=O)SCN1C(=O)C(c2ccccc2)N(c2ccccc2)C1=O. The second-order valence-corrected chi connectivity index (χ2v) is 8.66. The molecule has 0 aliphatic carbocycles. The lowest BCUT2D eigenvalue weighted by Gasteiger charge is -2.34. The second-order valence-electron chi connectivity index (χ2n) is 7.66. The molecule has 7 heteroatoms. The summed E-state index contributed by atoms with van der Waals surface area (Å²) < 4.78 is 0.705. The number of urea groups is 1.